The summed E-state index contributed by atoms with van der Waals surface area (Å²) in [5.41, 5.74) is 1.96. The number of rotatable bonds is 4. The van der Waals surface area contributed by atoms with Gasteiger partial charge < -0.3 is 9.84 Å². The zero-order valence-corrected chi connectivity index (χ0v) is 9.71. The SMILES string of the molecule is COc1ccc([C@@H](O)Cc2ccncc2)cc1. The van der Waals surface area contributed by atoms with Gasteiger partial charge in [-0.05, 0) is 35.4 Å². The van der Waals surface area contributed by atoms with Crippen LogP contribution in [0.15, 0.2) is 48.8 Å². The van der Waals surface area contributed by atoms with Crippen molar-refractivity contribution in [1.29, 1.82) is 0 Å². The van der Waals surface area contributed by atoms with Gasteiger partial charge in [-0.15, -0.1) is 0 Å². The van der Waals surface area contributed by atoms with E-state index in [1.807, 2.05) is 36.4 Å². The van der Waals surface area contributed by atoms with Gasteiger partial charge >= 0.3 is 0 Å². The van der Waals surface area contributed by atoms with Crippen molar-refractivity contribution >= 4 is 0 Å². The minimum Gasteiger partial charge on any atom is -0.497 e. The minimum absolute atomic E-state index is 0.497. The normalized spacial score (nSPS) is 12.1. The molecule has 1 N–H and O–H groups in total. The van der Waals surface area contributed by atoms with Crippen molar-refractivity contribution in [3.8, 4) is 5.75 Å². The third-order valence-corrected chi connectivity index (χ3v) is 2.68. The summed E-state index contributed by atoms with van der Waals surface area (Å²) < 4.78 is 5.08. The number of aromatic nitrogens is 1. The third kappa shape index (κ3) is 3.04. The Hall–Kier alpha value is -1.87. The molecule has 2 rings (SSSR count). The van der Waals surface area contributed by atoms with E-state index in [0.29, 0.717) is 6.42 Å². The molecule has 0 fully saturated rings. The lowest BCUT2D eigenvalue weighted by Crippen LogP contribution is -2.01. The summed E-state index contributed by atoms with van der Waals surface area (Å²) in [5.74, 6) is 0.796. The van der Waals surface area contributed by atoms with Crippen molar-refractivity contribution in [2.45, 2.75) is 12.5 Å². The highest BCUT2D eigenvalue weighted by molar-refractivity contribution is 5.29. The highest BCUT2D eigenvalue weighted by Gasteiger charge is 2.08. The maximum atomic E-state index is 10.1. The number of aliphatic hydroxyl groups is 1. The first-order valence-electron chi connectivity index (χ1n) is 5.50. The summed E-state index contributed by atoms with van der Waals surface area (Å²) in [5, 5.41) is 10.1. The molecule has 0 saturated heterocycles. The lowest BCUT2D eigenvalue weighted by Gasteiger charge is -2.11. The summed E-state index contributed by atoms with van der Waals surface area (Å²) in [6.45, 7) is 0. The first-order chi connectivity index (χ1) is 8.29. The Morgan fingerprint density at radius 3 is 2.35 bits per heavy atom. The molecule has 3 heteroatoms. The van der Waals surface area contributed by atoms with Gasteiger partial charge in [0.25, 0.3) is 0 Å². The molecule has 2 aromatic rings. The summed E-state index contributed by atoms with van der Waals surface area (Å²) in [6.07, 6.45) is 3.56. The van der Waals surface area contributed by atoms with Gasteiger partial charge in [-0.3, -0.25) is 4.98 Å². The fraction of sp³-hybridized carbons (Fsp3) is 0.214. The highest BCUT2D eigenvalue weighted by Crippen LogP contribution is 2.20. The molecule has 0 radical (unpaired) electrons. The molecule has 1 heterocycles. The number of methoxy groups -OCH3 is 1. The van der Waals surface area contributed by atoms with E-state index in [1.54, 1.807) is 19.5 Å². The Balaban J connectivity index is 2.06. The van der Waals surface area contributed by atoms with Crippen LogP contribution in [-0.4, -0.2) is 17.2 Å². The van der Waals surface area contributed by atoms with Crippen LogP contribution in [0, 0.1) is 0 Å². The van der Waals surface area contributed by atoms with Crippen molar-refractivity contribution < 1.29 is 9.84 Å². The van der Waals surface area contributed by atoms with Crippen LogP contribution in [0.25, 0.3) is 0 Å². The van der Waals surface area contributed by atoms with Crippen LogP contribution in [0.5, 0.6) is 5.75 Å². The van der Waals surface area contributed by atoms with E-state index in [4.69, 9.17) is 4.74 Å². The number of aliphatic hydroxyl groups excluding tert-OH is 1. The number of ether oxygens (including phenoxy) is 1. The number of nitrogens with zero attached hydrogens (tertiary/aromatic N) is 1. The fourth-order valence-electron chi connectivity index (χ4n) is 1.69. The highest BCUT2D eigenvalue weighted by atomic mass is 16.5. The van der Waals surface area contributed by atoms with Gasteiger partial charge in [0, 0.05) is 18.8 Å². The molecule has 88 valence electrons. The summed E-state index contributed by atoms with van der Waals surface area (Å²) in [4.78, 5) is 3.95. The van der Waals surface area contributed by atoms with Crippen molar-refractivity contribution in [2.75, 3.05) is 7.11 Å². The van der Waals surface area contributed by atoms with Crippen LogP contribution in [0.3, 0.4) is 0 Å². The molecule has 0 aliphatic heterocycles. The van der Waals surface area contributed by atoms with Gasteiger partial charge in [0.1, 0.15) is 5.75 Å². The Morgan fingerprint density at radius 2 is 1.76 bits per heavy atom. The van der Waals surface area contributed by atoms with E-state index in [1.165, 1.54) is 0 Å². The molecule has 0 aliphatic rings. The van der Waals surface area contributed by atoms with Crippen LogP contribution in [0.2, 0.25) is 0 Å². The standard InChI is InChI=1S/C14H15NO2/c1-17-13-4-2-12(3-5-13)14(16)10-11-6-8-15-9-7-11/h2-9,14,16H,10H2,1H3/t14-/m0/s1. The first kappa shape index (κ1) is 11.6. The monoisotopic (exact) mass is 229 g/mol. The zero-order valence-electron chi connectivity index (χ0n) is 9.71. The topological polar surface area (TPSA) is 42.4 Å². The summed E-state index contributed by atoms with van der Waals surface area (Å²) in [7, 11) is 1.63. The number of benzene rings is 1. The molecule has 17 heavy (non-hydrogen) atoms. The molecule has 0 amide bonds. The van der Waals surface area contributed by atoms with Gasteiger partial charge in [-0.25, -0.2) is 0 Å². The van der Waals surface area contributed by atoms with Gasteiger partial charge in [-0.2, -0.15) is 0 Å². The predicted octanol–water partition coefficient (Wildman–Crippen LogP) is 2.37. The summed E-state index contributed by atoms with van der Waals surface area (Å²) >= 11 is 0. The van der Waals surface area contributed by atoms with Crippen molar-refractivity contribution in [3.63, 3.8) is 0 Å². The van der Waals surface area contributed by atoms with Gasteiger partial charge in [0.05, 0.1) is 13.2 Å². The largest absolute Gasteiger partial charge is 0.497 e. The van der Waals surface area contributed by atoms with Crippen LogP contribution in [0.4, 0.5) is 0 Å². The van der Waals surface area contributed by atoms with Crippen molar-refractivity contribution in [3.05, 3.63) is 59.9 Å². The Morgan fingerprint density at radius 1 is 1.12 bits per heavy atom. The van der Waals surface area contributed by atoms with Crippen LogP contribution >= 0.6 is 0 Å². The van der Waals surface area contributed by atoms with E-state index in [2.05, 4.69) is 4.98 Å². The molecule has 1 atom stereocenters. The second-order valence-electron chi connectivity index (χ2n) is 3.85. The van der Waals surface area contributed by atoms with E-state index in [0.717, 1.165) is 16.9 Å². The molecule has 0 saturated carbocycles. The van der Waals surface area contributed by atoms with Gasteiger partial charge in [0.15, 0.2) is 0 Å². The minimum atomic E-state index is -0.497. The lowest BCUT2D eigenvalue weighted by atomic mass is 10.0. The number of pyridine rings is 1. The summed E-state index contributed by atoms with van der Waals surface area (Å²) in [6, 6.07) is 11.3. The third-order valence-electron chi connectivity index (χ3n) is 2.68. The Kier molecular flexibility index (Phi) is 3.73. The molecule has 0 spiro atoms. The number of hydrogen-bond acceptors (Lipinski definition) is 3. The smallest absolute Gasteiger partial charge is 0.118 e. The van der Waals surface area contributed by atoms with E-state index in [-0.39, 0.29) is 0 Å². The number of hydrogen-bond donors (Lipinski definition) is 1. The fourth-order valence-corrected chi connectivity index (χ4v) is 1.69. The van der Waals surface area contributed by atoms with E-state index >= 15 is 0 Å². The second-order valence-corrected chi connectivity index (χ2v) is 3.85. The zero-order chi connectivity index (χ0) is 12.1. The van der Waals surface area contributed by atoms with Gasteiger partial charge in [0.2, 0.25) is 0 Å². The Bertz CT molecular complexity index is 453. The van der Waals surface area contributed by atoms with Crippen molar-refractivity contribution in [2.24, 2.45) is 0 Å². The Labute approximate surface area is 101 Å². The van der Waals surface area contributed by atoms with Gasteiger partial charge in [-0.1, -0.05) is 12.1 Å². The average molecular weight is 229 g/mol. The van der Waals surface area contributed by atoms with Crippen LogP contribution in [-0.2, 0) is 6.42 Å². The molecule has 1 aromatic heterocycles. The van der Waals surface area contributed by atoms with E-state index < -0.39 is 6.10 Å². The molecule has 3 nitrogen and oxygen atoms in total. The molecular weight excluding hydrogens is 214 g/mol. The lowest BCUT2D eigenvalue weighted by molar-refractivity contribution is 0.178. The maximum Gasteiger partial charge on any atom is 0.118 e. The molecule has 1 aromatic carbocycles. The molecule has 0 unspecified atom stereocenters. The average Bonchev–Trinajstić information content (AvgIpc) is 2.40. The second kappa shape index (κ2) is 5.46. The quantitative estimate of drug-likeness (QED) is 0.875. The first-order valence-corrected chi connectivity index (χ1v) is 5.50. The van der Waals surface area contributed by atoms with Crippen molar-refractivity contribution in [1.82, 2.24) is 4.98 Å². The van der Waals surface area contributed by atoms with Crippen LogP contribution in [0.1, 0.15) is 17.2 Å². The molecular formula is C14H15NO2. The van der Waals surface area contributed by atoms with Crippen LogP contribution < -0.4 is 4.74 Å². The molecule has 0 bridgehead atoms. The van der Waals surface area contributed by atoms with E-state index in [9.17, 15) is 5.11 Å². The predicted molar refractivity (Wildman–Crippen MR) is 65.9 cm³/mol. The maximum absolute atomic E-state index is 10.1. The molecule has 0 aliphatic carbocycles.